The van der Waals surface area contributed by atoms with Gasteiger partial charge in [0.1, 0.15) is 5.82 Å². The van der Waals surface area contributed by atoms with Gasteiger partial charge < -0.3 is 5.73 Å². The molecule has 0 aliphatic heterocycles. The third-order valence-electron chi connectivity index (χ3n) is 2.37. The molecule has 0 aliphatic carbocycles. The lowest BCUT2D eigenvalue weighted by Crippen LogP contribution is -2.05. The number of nitrogen functional groups attached to an aromatic ring is 1. The summed E-state index contributed by atoms with van der Waals surface area (Å²) in [4.78, 5) is 0. The highest BCUT2D eigenvalue weighted by Crippen LogP contribution is 2.28. The predicted octanol–water partition coefficient (Wildman–Crippen LogP) is 2.67. The Morgan fingerprint density at radius 2 is 2.00 bits per heavy atom. The number of hydrogen-bond acceptors (Lipinski definition) is 2. The van der Waals surface area contributed by atoms with Crippen LogP contribution in [0.4, 0.5) is 23.2 Å². The molecule has 7 heteroatoms. The summed E-state index contributed by atoms with van der Waals surface area (Å²) >= 11 is 0. The number of nitrogens with zero attached hydrogens (tertiary/aromatic N) is 2. The van der Waals surface area contributed by atoms with Gasteiger partial charge in [-0.25, -0.2) is 4.39 Å². The maximum Gasteiger partial charge on any atom is 0.419 e. The van der Waals surface area contributed by atoms with E-state index in [1.54, 1.807) is 0 Å². The van der Waals surface area contributed by atoms with E-state index in [1.807, 2.05) is 0 Å². The van der Waals surface area contributed by atoms with Crippen molar-refractivity contribution in [1.82, 2.24) is 9.78 Å². The molecule has 0 saturated heterocycles. The predicted molar refractivity (Wildman–Crippen MR) is 57.1 cm³/mol. The molecule has 18 heavy (non-hydrogen) atoms. The van der Waals surface area contributed by atoms with Gasteiger partial charge >= 0.3 is 6.18 Å². The van der Waals surface area contributed by atoms with Crippen molar-refractivity contribution >= 4 is 5.69 Å². The number of benzene rings is 1. The molecule has 0 fully saturated rings. The molecule has 0 saturated carbocycles. The second-order valence-corrected chi connectivity index (χ2v) is 3.78. The smallest absolute Gasteiger partial charge is 0.399 e. The van der Waals surface area contributed by atoms with Crippen molar-refractivity contribution in [3.05, 3.63) is 47.5 Å². The fourth-order valence-corrected chi connectivity index (χ4v) is 1.46. The van der Waals surface area contributed by atoms with Crippen LogP contribution in [0.5, 0.6) is 0 Å². The van der Waals surface area contributed by atoms with E-state index in [0.717, 1.165) is 16.9 Å². The van der Waals surface area contributed by atoms with Gasteiger partial charge in [0, 0.05) is 17.4 Å². The fourth-order valence-electron chi connectivity index (χ4n) is 1.46. The zero-order chi connectivity index (χ0) is 13.3. The van der Waals surface area contributed by atoms with Crippen molar-refractivity contribution in [2.75, 3.05) is 5.73 Å². The minimum Gasteiger partial charge on any atom is -0.399 e. The first-order valence-corrected chi connectivity index (χ1v) is 5.00. The summed E-state index contributed by atoms with van der Waals surface area (Å²) in [6.45, 7) is -0.0812. The largest absolute Gasteiger partial charge is 0.419 e. The van der Waals surface area contributed by atoms with E-state index in [-0.39, 0.29) is 17.8 Å². The highest BCUT2D eigenvalue weighted by Gasteiger charge is 2.32. The highest BCUT2D eigenvalue weighted by molar-refractivity contribution is 5.40. The third kappa shape index (κ3) is 2.61. The summed E-state index contributed by atoms with van der Waals surface area (Å²) in [6, 6.07) is 4.01. The number of alkyl halides is 3. The van der Waals surface area contributed by atoms with Crippen LogP contribution < -0.4 is 5.73 Å². The molecular weight excluding hydrogens is 250 g/mol. The molecular formula is C11H9F4N3. The van der Waals surface area contributed by atoms with Crippen LogP contribution >= 0.6 is 0 Å². The van der Waals surface area contributed by atoms with Crippen molar-refractivity contribution in [2.24, 2.45) is 0 Å². The normalized spacial score (nSPS) is 11.8. The molecule has 0 unspecified atom stereocenters. The SMILES string of the molecule is Nc1ccc(Cn2cc(C(F)(F)F)cn2)c(F)c1. The summed E-state index contributed by atoms with van der Waals surface area (Å²) in [5.41, 5.74) is 4.99. The van der Waals surface area contributed by atoms with Gasteiger partial charge in [0.25, 0.3) is 0 Å². The molecule has 0 radical (unpaired) electrons. The van der Waals surface area contributed by atoms with E-state index in [0.29, 0.717) is 6.20 Å². The molecule has 1 aromatic carbocycles. The van der Waals surface area contributed by atoms with Gasteiger partial charge in [-0.15, -0.1) is 0 Å². The number of halogens is 4. The number of rotatable bonds is 2. The molecule has 0 bridgehead atoms. The first-order chi connectivity index (χ1) is 8.36. The van der Waals surface area contributed by atoms with Crippen LogP contribution in [-0.4, -0.2) is 9.78 Å². The Bertz CT molecular complexity index is 560. The lowest BCUT2D eigenvalue weighted by molar-refractivity contribution is -0.137. The van der Waals surface area contributed by atoms with Gasteiger partial charge in [-0.1, -0.05) is 6.07 Å². The molecule has 0 spiro atoms. The number of aromatic nitrogens is 2. The number of hydrogen-bond donors (Lipinski definition) is 1. The van der Waals surface area contributed by atoms with Crippen molar-refractivity contribution in [3.63, 3.8) is 0 Å². The molecule has 2 aromatic rings. The fraction of sp³-hybridized carbons (Fsp3) is 0.182. The topological polar surface area (TPSA) is 43.8 Å². The van der Waals surface area contributed by atoms with E-state index in [1.165, 1.54) is 12.1 Å². The molecule has 0 amide bonds. The lowest BCUT2D eigenvalue weighted by Gasteiger charge is -2.05. The van der Waals surface area contributed by atoms with Gasteiger partial charge in [-0.3, -0.25) is 4.68 Å². The van der Waals surface area contributed by atoms with E-state index in [9.17, 15) is 17.6 Å². The van der Waals surface area contributed by atoms with Crippen LogP contribution in [0.3, 0.4) is 0 Å². The Balaban J connectivity index is 2.21. The molecule has 1 aromatic heterocycles. The first-order valence-electron chi connectivity index (χ1n) is 5.00. The zero-order valence-corrected chi connectivity index (χ0v) is 9.08. The summed E-state index contributed by atoms with van der Waals surface area (Å²) in [5.74, 6) is -0.570. The summed E-state index contributed by atoms with van der Waals surface area (Å²) < 4.78 is 51.4. The van der Waals surface area contributed by atoms with Crippen molar-refractivity contribution in [1.29, 1.82) is 0 Å². The highest BCUT2D eigenvalue weighted by atomic mass is 19.4. The van der Waals surface area contributed by atoms with E-state index < -0.39 is 17.6 Å². The van der Waals surface area contributed by atoms with Crippen LogP contribution in [-0.2, 0) is 12.7 Å². The summed E-state index contributed by atoms with van der Waals surface area (Å²) in [7, 11) is 0. The van der Waals surface area contributed by atoms with Gasteiger partial charge in [-0.05, 0) is 12.1 Å². The Hall–Kier alpha value is -2.05. The molecule has 2 N–H and O–H groups in total. The average Bonchev–Trinajstić information content (AvgIpc) is 2.70. The Morgan fingerprint density at radius 3 is 2.56 bits per heavy atom. The molecule has 2 rings (SSSR count). The van der Waals surface area contributed by atoms with Gasteiger partial charge in [0.15, 0.2) is 0 Å². The second kappa shape index (κ2) is 4.32. The van der Waals surface area contributed by atoms with Crippen molar-refractivity contribution < 1.29 is 17.6 Å². The van der Waals surface area contributed by atoms with Gasteiger partial charge in [0.2, 0.25) is 0 Å². The van der Waals surface area contributed by atoms with Crippen LogP contribution in [0.25, 0.3) is 0 Å². The van der Waals surface area contributed by atoms with Gasteiger partial charge in [0.05, 0.1) is 18.3 Å². The quantitative estimate of drug-likeness (QED) is 0.665. The minimum absolute atomic E-state index is 0.0812. The third-order valence-corrected chi connectivity index (χ3v) is 2.37. The minimum atomic E-state index is -4.45. The molecule has 96 valence electrons. The summed E-state index contributed by atoms with van der Waals surface area (Å²) in [6.07, 6.45) is -2.91. The monoisotopic (exact) mass is 259 g/mol. The van der Waals surface area contributed by atoms with Crippen LogP contribution in [0.2, 0.25) is 0 Å². The van der Waals surface area contributed by atoms with E-state index >= 15 is 0 Å². The van der Waals surface area contributed by atoms with Crippen molar-refractivity contribution in [2.45, 2.75) is 12.7 Å². The van der Waals surface area contributed by atoms with Crippen LogP contribution in [0.1, 0.15) is 11.1 Å². The van der Waals surface area contributed by atoms with E-state index in [4.69, 9.17) is 5.73 Å². The lowest BCUT2D eigenvalue weighted by atomic mass is 10.2. The van der Waals surface area contributed by atoms with Crippen molar-refractivity contribution in [3.8, 4) is 0 Å². The van der Waals surface area contributed by atoms with Gasteiger partial charge in [-0.2, -0.15) is 18.3 Å². The molecule has 0 aliphatic rings. The molecule has 0 atom stereocenters. The average molecular weight is 259 g/mol. The van der Waals surface area contributed by atoms with Crippen LogP contribution in [0, 0.1) is 5.82 Å². The maximum atomic E-state index is 13.4. The maximum absolute atomic E-state index is 13.4. The first kappa shape index (κ1) is 12.4. The molecule has 3 nitrogen and oxygen atoms in total. The number of anilines is 1. The zero-order valence-electron chi connectivity index (χ0n) is 9.08. The van der Waals surface area contributed by atoms with Crippen LogP contribution in [0.15, 0.2) is 30.6 Å². The summed E-state index contributed by atoms with van der Waals surface area (Å²) in [5, 5.41) is 3.54. The molecule has 1 heterocycles. The standard InChI is InChI=1S/C11H9F4N3/c12-10-3-9(16)2-1-7(10)5-18-6-8(4-17-18)11(13,14)15/h1-4,6H,5,16H2. The van der Waals surface area contributed by atoms with E-state index in [2.05, 4.69) is 5.10 Å². The Kier molecular flexibility index (Phi) is 2.98. The Labute approximate surface area is 99.8 Å². The Morgan fingerprint density at radius 1 is 1.28 bits per heavy atom. The number of nitrogens with two attached hydrogens (primary N) is 1. The second-order valence-electron chi connectivity index (χ2n) is 3.78.